The molecule has 0 unspecified atom stereocenters. The Hall–Kier alpha value is -1.02. The third-order valence-corrected chi connectivity index (χ3v) is 3.43. The summed E-state index contributed by atoms with van der Waals surface area (Å²) in [5.74, 6) is 0.313. The topological polar surface area (TPSA) is 29.5 Å². The van der Waals surface area contributed by atoms with Crippen LogP contribution in [0.15, 0.2) is 24.3 Å². The van der Waals surface area contributed by atoms with E-state index in [0.717, 1.165) is 5.56 Å². The zero-order valence-corrected chi connectivity index (χ0v) is 9.91. The lowest BCUT2D eigenvalue weighted by atomic mass is 9.86. The minimum Gasteiger partial charge on any atom is -0.508 e. The van der Waals surface area contributed by atoms with E-state index in [9.17, 15) is 5.11 Å². The predicted octanol–water partition coefficient (Wildman–Crippen LogP) is 3.63. The van der Waals surface area contributed by atoms with Gasteiger partial charge in [0.05, 0.1) is 12.2 Å². The quantitative estimate of drug-likeness (QED) is 0.842. The zero-order valence-electron chi connectivity index (χ0n) is 9.91. The number of rotatable bonds is 3. The second-order valence-corrected chi connectivity index (χ2v) is 4.97. The number of aromatic hydroxyl groups is 1. The molecule has 0 atom stereocenters. The Morgan fingerprint density at radius 1 is 1.12 bits per heavy atom. The van der Waals surface area contributed by atoms with Gasteiger partial charge in [-0.2, -0.15) is 0 Å². The van der Waals surface area contributed by atoms with Gasteiger partial charge in [-0.1, -0.05) is 31.4 Å². The van der Waals surface area contributed by atoms with E-state index in [0.29, 0.717) is 12.4 Å². The first-order valence-corrected chi connectivity index (χ1v) is 6.10. The molecule has 0 radical (unpaired) electrons. The number of phenolic OH excluding ortho intramolecular Hbond substituents is 1. The van der Waals surface area contributed by atoms with Gasteiger partial charge in [-0.3, -0.25) is 0 Å². The van der Waals surface area contributed by atoms with Crippen molar-refractivity contribution < 1.29 is 9.84 Å². The van der Waals surface area contributed by atoms with E-state index in [1.54, 1.807) is 12.1 Å². The van der Waals surface area contributed by atoms with Crippen molar-refractivity contribution in [3.05, 3.63) is 29.8 Å². The van der Waals surface area contributed by atoms with Crippen molar-refractivity contribution in [1.29, 1.82) is 0 Å². The zero-order chi connectivity index (χ0) is 11.4. The predicted molar refractivity (Wildman–Crippen MR) is 64.4 cm³/mol. The normalized spacial score (nSPS) is 19.6. The molecule has 0 heterocycles. The molecule has 1 N–H and O–H groups in total. The minimum atomic E-state index is 0.0656. The molecule has 1 fully saturated rings. The molecule has 0 amide bonds. The van der Waals surface area contributed by atoms with E-state index in [-0.39, 0.29) is 5.60 Å². The number of ether oxygens (including phenoxy) is 1. The first-order valence-electron chi connectivity index (χ1n) is 6.10. The van der Waals surface area contributed by atoms with Gasteiger partial charge in [-0.05, 0) is 37.5 Å². The number of benzene rings is 1. The lowest BCUT2D eigenvalue weighted by Gasteiger charge is -2.33. The number of hydrogen-bond donors (Lipinski definition) is 1. The highest BCUT2D eigenvalue weighted by molar-refractivity contribution is 5.25. The highest BCUT2D eigenvalue weighted by atomic mass is 16.5. The summed E-state index contributed by atoms with van der Waals surface area (Å²) in [5, 5.41) is 9.18. The van der Waals surface area contributed by atoms with E-state index < -0.39 is 0 Å². The Balaban J connectivity index is 1.88. The van der Waals surface area contributed by atoms with Crippen LogP contribution in [-0.4, -0.2) is 10.7 Å². The molecule has 0 aliphatic heterocycles. The maximum atomic E-state index is 9.18. The molecule has 0 aromatic heterocycles. The summed E-state index contributed by atoms with van der Waals surface area (Å²) in [7, 11) is 0. The van der Waals surface area contributed by atoms with Crippen LogP contribution in [0, 0.1) is 0 Å². The fourth-order valence-electron chi connectivity index (χ4n) is 2.29. The van der Waals surface area contributed by atoms with Crippen molar-refractivity contribution in [2.24, 2.45) is 0 Å². The summed E-state index contributed by atoms with van der Waals surface area (Å²) in [6, 6.07) is 7.26. The Bertz CT molecular complexity index is 323. The van der Waals surface area contributed by atoms with Gasteiger partial charge in [0.2, 0.25) is 0 Å². The van der Waals surface area contributed by atoms with E-state index in [1.807, 2.05) is 12.1 Å². The summed E-state index contributed by atoms with van der Waals surface area (Å²) < 4.78 is 6.01. The van der Waals surface area contributed by atoms with E-state index in [1.165, 1.54) is 32.1 Å². The van der Waals surface area contributed by atoms with Crippen molar-refractivity contribution in [3.8, 4) is 5.75 Å². The molecule has 1 aliphatic carbocycles. The van der Waals surface area contributed by atoms with Crippen molar-refractivity contribution >= 4 is 0 Å². The van der Waals surface area contributed by atoms with Crippen LogP contribution in [0.25, 0.3) is 0 Å². The van der Waals surface area contributed by atoms with Gasteiger partial charge in [0.1, 0.15) is 5.75 Å². The van der Waals surface area contributed by atoms with Gasteiger partial charge in [-0.15, -0.1) is 0 Å². The van der Waals surface area contributed by atoms with Crippen LogP contribution in [0.1, 0.15) is 44.6 Å². The second-order valence-electron chi connectivity index (χ2n) is 4.97. The summed E-state index contributed by atoms with van der Waals surface area (Å²) in [6.07, 6.45) is 6.26. The van der Waals surface area contributed by atoms with Gasteiger partial charge < -0.3 is 9.84 Å². The lowest BCUT2D eigenvalue weighted by molar-refractivity contribution is -0.0665. The molecule has 1 saturated carbocycles. The first kappa shape index (κ1) is 11.5. The molecular weight excluding hydrogens is 200 g/mol. The van der Waals surface area contributed by atoms with Crippen molar-refractivity contribution in [2.75, 3.05) is 0 Å². The standard InChI is InChI=1S/C14H20O2/c1-14(9-3-2-4-10-14)16-11-12-5-7-13(15)8-6-12/h5-8,15H,2-4,9-11H2,1H3. The van der Waals surface area contributed by atoms with Crippen LogP contribution in [0.3, 0.4) is 0 Å². The molecule has 2 nitrogen and oxygen atoms in total. The molecule has 2 rings (SSSR count). The fourth-order valence-corrected chi connectivity index (χ4v) is 2.29. The summed E-state index contributed by atoms with van der Waals surface area (Å²) in [6.45, 7) is 2.86. The maximum absolute atomic E-state index is 9.18. The molecule has 88 valence electrons. The van der Waals surface area contributed by atoms with Crippen LogP contribution in [0.2, 0.25) is 0 Å². The molecule has 16 heavy (non-hydrogen) atoms. The molecule has 0 spiro atoms. The molecule has 0 bridgehead atoms. The fraction of sp³-hybridized carbons (Fsp3) is 0.571. The summed E-state index contributed by atoms with van der Waals surface area (Å²) >= 11 is 0. The molecule has 2 heteroatoms. The van der Waals surface area contributed by atoms with E-state index in [2.05, 4.69) is 6.92 Å². The van der Waals surface area contributed by atoms with Gasteiger partial charge in [-0.25, -0.2) is 0 Å². The van der Waals surface area contributed by atoms with Gasteiger partial charge >= 0.3 is 0 Å². The average Bonchev–Trinajstić information content (AvgIpc) is 2.29. The third kappa shape index (κ3) is 2.99. The average molecular weight is 220 g/mol. The molecule has 0 saturated heterocycles. The van der Waals surface area contributed by atoms with Gasteiger partial charge in [0, 0.05) is 0 Å². The third-order valence-electron chi connectivity index (χ3n) is 3.43. The van der Waals surface area contributed by atoms with Crippen molar-refractivity contribution in [3.63, 3.8) is 0 Å². The van der Waals surface area contributed by atoms with Crippen molar-refractivity contribution in [1.82, 2.24) is 0 Å². The maximum Gasteiger partial charge on any atom is 0.115 e. The SMILES string of the molecule is CC1(OCc2ccc(O)cc2)CCCCC1. The minimum absolute atomic E-state index is 0.0656. The first-order chi connectivity index (χ1) is 7.68. The lowest BCUT2D eigenvalue weighted by Crippen LogP contribution is -2.31. The van der Waals surface area contributed by atoms with Crippen LogP contribution in [-0.2, 0) is 11.3 Å². The summed E-state index contributed by atoms with van der Waals surface area (Å²) in [4.78, 5) is 0. The van der Waals surface area contributed by atoms with Crippen LogP contribution >= 0.6 is 0 Å². The highest BCUT2D eigenvalue weighted by Gasteiger charge is 2.27. The Kier molecular flexibility index (Phi) is 3.49. The molecule has 1 aromatic carbocycles. The Morgan fingerprint density at radius 3 is 2.38 bits per heavy atom. The van der Waals surface area contributed by atoms with Gasteiger partial charge in [0.15, 0.2) is 0 Å². The van der Waals surface area contributed by atoms with E-state index in [4.69, 9.17) is 4.74 Å². The highest BCUT2D eigenvalue weighted by Crippen LogP contribution is 2.31. The summed E-state index contributed by atoms with van der Waals surface area (Å²) in [5.41, 5.74) is 1.19. The Labute approximate surface area is 97.3 Å². The number of phenols is 1. The van der Waals surface area contributed by atoms with Crippen LogP contribution in [0.5, 0.6) is 5.75 Å². The monoisotopic (exact) mass is 220 g/mol. The van der Waals surface area contributed by atoms with Crippen molar-refractivity contribution in [2.45, 2.75) is 51.2 Å². The van der Waals surface area contributed by atoms with Crippen LogP contribution < -0.4 is 0 Å². The number of hydrogen-bond acceptors (Lipinski definition) is 2. The molecule has 1 aliphatic rings. The molecular formula is C14H20O2. The van der Waals surface area contributed by atoms with Gasteiger partial charge in [0.25, 0.3) is 0 Å². The smallest absolute Gasteiger partial charge is 0.115 e. The molecule has 1 aromatic rings. The van der Waals surface area contributed by atoms with Crippen LogP contribution in [0.4, 0.5) is 0 Å². The largest absolute Gasteiger partial charge is 0.508 e. The second kappa shape index (κ2) is 4.88. The van der Waals surface area contributed by atoms with E-state index >= 15 is 0 Å². The Morgan fingerprint density at radius 2 is 1.75 bits per heavy atom.